The molecular formula is C13H9ClFN3. The fraction of sp³-hybridized carbons (Fsp3) is 0. The number of nitrogens with two attached hydrogens (primary N) is 1. The number of hydrogen-bond donors (Lipinski definition) is 2. The molecule has 18 heavy (non-hydrogen) atoms. The van der Waals surface area contributed by atoms with Crippen LogP contribution in [0.25, 0.3) is 0 Å². The van der Waals surface area contributed by atoms with Crippen molar-refractivity contribution < 1.29 is 4.39 Å². The van der Waals surface area contributed by atoms with Crippen molar-refractivity contribution in [1.29, 1.82) is 5.26 Å². The first-order chi connectivity index (χ1) is 8.60. The molecule has 2 aromatic carbocycles. The molecule has 0 aliphatic heterocycles. The lowest BCUT2D eigenvalue weighted by Gasteiger charge is -2.11. The third-order valence-electron chi connectivity index (χ3n) is 2.38. The number of nitrogens with one attached hydrogen (secondary N) is 1. The Morgan fingerprint density at radius 3 is 2.67 bits per heavy atom. The molecule has 0 aliphatic rings. The maximum atomic E-state index is 13.1. The average Bonchev–Trinajstić information content (AvgIpc) is 2.36. The van der Waals surface area contributed by atoms with Crippen LogP contribution in [0.15, 0.2) is 36.4 Å². The van der Waals surface area contributed by atoms with Gasteiger partial charge in [-0.1, -0.05) is 11.6 Å². The molecule has 2 aromatic rings. The van der Waals surface area contributed by atoms with Crippen LogP contribution in [-0.4, -0.2) is 0 Å². The molecule has 3 nitrogen and oxygen atoms in total. The van der Waals surface area contributed by atoms with Gasteiger partial charge in [-0.2, -0.15) is 5.26 Å². The molecule has 0 radical (unpaired) electrons. The Bertz CT molecular complexity index is 635. The quantitative estimate of drug-likeness (QED) is 0.811. The Balaban J connectivity index is 2.39. The Hall–Kier alpha value is -2.25. The molecule has 3 N–H and O–H groups in total. The van der Waals surface area contributed by atoms with E-state index in [2.05, 4.69) is 5.32 Å². The van der Waals surface area contributed by atoms with Gasteiger partial charge < -0.3 is 11.1 Å². The van der Waals surface area contributed by atoms with Crippen LogP contribution in [0.5, 0.6) is 0 Å². The molecule has 90 valence electrons. The summed E-state index contributed by atoms with van der Waals surface area (Å²) in [5.41, 5.74) is 7.49. The van der Waals surface area contributed by atoms with Gasteiger partial charge in [-0.25, -0.2) is 4.39 Å². The summed E-state index contributed by atoms with van der Waals surface area (Å²) in [6, 6.07) is 10.8. The molecule has 0 aliphatic carbocycles. The van der Waals surface area contributed by atoms with Crippen molar-refractivity contribution in [3.05, 3.63) is 52.8 Å². The second kappa shape index (κ2) is 4.94. The van der Waals surface area contributed by atoms with Gasteiger partial charge in [-0.3, -0.25) is 0 Å². The molecule has 0 aromatic heterocycles. The minimum atomic E-state index is -0.403. The topological polar surface area (TPSA) is 61.8 Å². The van der Waals surface area contributed by atoms with Gasteiger partial charge in [0.15, 0.2) is 0 Å². The van der Waals surface area contributed by atoms with Crippen LogP contribution in [0, 0.1) is 17.1 Å². The Kier molecular flexibility index (Phi) is 3.35. The van der Waals surface area contributed by atoms with Gasteiger partial charge in [-0.05, 0) is 36.4 Å². The van der Waals surface area contributed by atoms with Gasteiger partial charge in [0.05, 0.1) is 33.7 Å². The fourth-order valence-corrected chi connectivity index (χ4v) is 1.64. The van der Waals surface area contributed by atoms with Gasteiger partial charge in [0.1, 0.15) is 5.82 Å². The second-order valence-corrected chi connectivity index (χ2v) is 4.07. The SMILES string of the molecule is N#Cc1ccc(Cl)c(Nc2cc(F)ccc2N)c1. The van der Waals surface area contributed by atoms with Gasteiger partial charge in [0.25, 0.3) is 0 Å². The number of hydrogen-bond acceptors (Lipinski definition) is 3. The van der Waals surface area contributed by atoms with Crippen molar-refractivity contribution in [1.82, 2.24) is 0 Å². The van der Waals surface area contributed by atoms with E-state index < -0.39 is 5.82 Å². The van der Waals surface area contributed by atoms with Gasteiger partial charge in [0.2, 0.25) is 0 Å². The first kappa shape index (κ1) is 12.2. The maximum absolute atomic E-state index is 13.1. The van der Waals surface area contributed by atoms with Crippen molar-refractivity contribution in [2.45, 2.75) is 0 Å². The largest absolute Gasteiger partial charge is 0.397 e. The Morgan fingerprint density at radius 1 is 1.17 bits per heavy atom. The summed E-state index contributed by atoms with van der Waals surface area (Å²) in [6.45, 7) is 0. The van der Waals surface area contributed by atoms with E-state index in [0.717, 1.165) is 0 Å². The predicted octanol–water partition coefficient (Wildman–Crippen LogP) is 3.68. The lowest BCUT2D eigenvalue weighted by Crippen LogP contribution is -1.98. The number of nitrogens with zero attached hydrogens (tertiary/aromatic N) is 1. The molecule has 0 heterocycles. The van der Waals surface area contributed by atoms with Crippen LogP contribution in [-0.2, 0) is 0 Å². The zero-order valence-electron chi connectivity index (χ0n) is 9.24. The number of rotatable bonds is 2. The molecule has 0 bridgehead atoms. The highest BCUT2D eigenvalue weighted by molar-refractivity contribution is 6.33. The highest BCUT2D eigenvalue weighted by Crippen LogP contribution is 2.29. The molecular weight excluding hydrogens is 253 g/mol. The fourth-order valence-electron chi connectivity index (χ4n) is 1.47. The first-order valence-corrected chi connectivity index (χ1v) is 5.49. The van der Waals surface area contributed by atoms with Crippen LogP contribution in [0.3, 0.4) is 0 Å². The van der Waals surface area contributed by atoms with E-state index in [1.54, 1.807) is 18.2 Å². The third-order valence-corrected chi connectivity index (χ3v) is 2.71. The van der Waals surface area contributed by atoms with Crippen LogP contribution < -0.4 is 11.1 Å². The van der Waals surface area contributed by atoms with Crippen molar-refractivity contribution in [3.63, 3.8) is 0 Å². The van der Waals surface area contributed by atoms with E-state index in [-0.39, 0.29) is 0 Å². The maximum Gasteiger partial charge on any atom is 0.125 e. The van der Waals surface area contributed by atoms with Gasteiger partial charge in [0, 0.05) is 0 Å². The van der Waals surface area contributed by atoms with E-state index in [4.69, 9.17) is 22.6 Å². The minimum Gasteiger partial charge on any atom is -0.397 e. The molecule has 0 amide bonds. The molecule has 0 atom stereocenters. The summed E-state index contributed by atoms with van der Waals surface area (Å²) in [5.74, 6) is -0.403. The molecule has 2 rings (SSSR count). The van der Waals surface area contributed by atoms with Crippen LogP contribution in [0.4, 0.5) is 21.5 Å². The molecule has 0 saturated carbocycles. The van der Waals surface area contributed by atoms with Crippen molar-refractivity contribution in [2.24, 2.45) is 0 Å². The van der Waals surface area contributed by atoms with E-state index in [1.165, 1.54) is 18.2 Å². The number of benzene rings is 2. The van der Waals surface area contributed by atoms with Crippen LogP contribution in [0.1, 0.15) is 5.56 Å². The van der Waals surface area contributed by atoms with Gasteiger partial charge >= 0.3 is 0 Å². The van der Waals surface area contributed by atoms with Crippen molar-refractivity contribution in [2.75, 3.05) is 11.1 Å². The lowest BCUT2D eigenvalue weighted by molar-refractivity contribution is 0.628. The highest BCUT2D eigenvalue weighted by atomic mass is 35.5. The monoisotopic (exact) mass is 261 g/mol. The van der Waals surface area contributed by atoms with E-state index in [0.29, 0.717) is 27.6 Å². The third kappa shape index (κ3) is 2.53. The van der Waals surface area contributed by atoms with E-state index in [1.807, 2.05) is 6.07 Å². The molecule has 0 saturated heterocycles. The Morgan fingerprint density at radius 2 is 1.94 bits per heavy atom. The van der Waals surface area contributed by atoms with Gasteiger partial charge in [-0.15, -0.1) is 0 Å². The molecule has 5 heteroatoms. The standard InChI is InChI=1S/C13H9ClFN3/c14-10-3-1-8(7-16)5-12(10)18-13-6-9(15)2-4-11(13)17/h1-6,18H,17H2. The van der Waals surface area contributed by atoms with Crippen molar-refractivity contribution in [3.8, 4) is 6.07 Å². The van der Waals surface area contributed by atoms with Crippen LogP contribution in [0.2, 0.25) is 5.02 Å². The minimum absolute atomic E-state index is 0.398. The zero-order valence-corrected chi connectivity index (χ0v) is 10.0. The Labute approximate surface area is 109 Å². The normalized spacial score (nSPS) is 9.83. The summed E-state index contributed by atoms with van der Waals surface area (Å²) in [7, 11) is 0. The van der Waals surface area contributed by atoms with E-state index in [9.17, 15) is 4.39 Å². The summed E-state index contributed by atoms with van der Waals surface area (Å²) in [6.07, 6.45) is 0. The smallest absolute Gasteiger partial charge is 0.125 e. The van der Waals surface area contributed by atoms with Crippen molar-refractivity contribution >= 4 is 28.7 Å². The lowest BCUT2D eigenvalue weighted by atomic mass is 10.2. The first-order valence-electron chi connectivity index (χ1n) is 5.12. The zero-order chi connectivity index (χ0) is 13.1. The number of nitriles is 1. The molecule has 0 spiro atoms. The number of halogens is 2. The van der Waals surface area contributed by atoms with E-state index >= 15 is 0 Å². The average molecular weight is 262 g/mol. The summed E-state index contributed by atoms with van der Waals surface area (Å²) in [5, 5.41) is 12.1. The second-order valence-electron chi connectivity index (χ2n) is 3.66. The van der Waals surface area contributed by atoms with Crippen LogP contribution >= 0.6 is 11.6 Å². The number of anilines is 3. The predicted molar refractivity (Wildman–Crippen MR) is 70.3 cm³/mol. The summed E-state index contributed by atoms with van der Waals surface area (Å²) in [4.78, 5) is 0. The summed E-state index contributed by atoms with van der Waals surface area (Å²) < 4.78 is 13.1. The molecule has 0 fully saturated rings. The molecule has 0 unspecified atom stereocenters. The highest BCUT2D eigenvalue weighted by Gasteiger charge is 2.06. The summed E-state index contributed by atoms with van der Waals surface area (Å²) >= 11 is 5.99. The number of nitrogen functional groups attached to an aromatic ring is 1.